The quantitative estimate of drug-likeness (QED) is 0.281. The lowest BCUT2D eigenvalue weighted by molar-refractivity contribution is 1.51. The summed E-state index contributed by atoms with van der Waals surface area (Å²) in [6.45, 7) is 4.45. The molecule has 0 aliphatic carbocycles. The van der Waals surface area contributed by atoms with Crippen LogP contribution in [0.2, 0.25) is 0 Å². The molecule has 5 aromatic carbocycles. The maximum Gasteiger partial charge on any atom is -0.00236 e. The minimum atomic E-state index is 1.28. The Morgan fingerprint density at radius 3 is 1.18 bits per heavy atom. The Morgan fingerprint density at radius 1 is 0.393 bits per heavy atom. The molecule has 0 unspecified atom stereocenters. The van der Waals surface area contributed by atoms with Gasteiger partial charge in [0.1, 0.15) is 0 Å². The van der Waals surface area contributed by atoms with Crippen molar-refractivity contribution in [1.82, 2.24) is 0 Å². The van der Waals surface area contributed by atoms with Crippen LogP contribution in [0.15, 0.2) is 97.1 Å². The average Bonchev–Trinajstić information content (AvgIpc) is 2.74. The molecular formula is C28H22. The smallest absolute Gasteiger partial charge is 0.00236 e. The van der Waals surface area contributed by atoms with Gasteiger partial charge in [-0.2, -0.15) is 0 Å². The Morgan fingerprint density at radius 2 is 0.786 bits per heavy atom. The van der Waals surface area contributed by atoms with Crippen molar-refractivity contribution >= 4 is 21.5 Å². The summed E-state index contributed by atoms with van der Waals surface area (Å²) in [5.74, 6) is 0. The fourth-order valence-corrected chi connectivity index (χ4v) is 4.49. The van der Waals surface area contributed by atoms with Crippen LogP contribution in [0.25, 0.3) is 43.8 Å². The monoisotopic (exact) mass is 358 g/mol. The molecule has 0 aliphatic rings. The third-order valence-electron chi connectivity index (χ3n) is 5.71. The number of hydrogen-bond donors (Lipinski definition) is 0. The lowest BCUT2D eigenvalue weighted by Crippen LogP contribution is -1.94. The lowest BCUT2D eigenvalue weighted by Gasteiger charge is -2.20. The molecular weight excluding hydrogens is 336 g/mol. The Bertz CT molecular complexity index is 1190. The number of aryl methyl sites for hydroxylation is 2. The van der Waals surface area contributed by atoms with Crippen LogP contribution in [0.4, 0.5) is 0 Å². The average molecular weight is 358 g/mol. The van der Waals surface area contributed by atoms with E-state index in [-0.39, 0.29) is 0 Å². The second-order valence-electron chi connectivity index (χ2n) is 7.48. The van der Waals surface area contributed by atoms with Gasteiger partial charge in [0.05, 0.1) is 0 Å². The summed E-state index contributed by atoms with van der Waals surface area (Å²) in [5, 5.41) is 5.36. The highest BCUT2D eigenvalue weighted by Gasteiger charge is 2.18. The van der Waals surface area contributed by atoms with Gasteiger partial charge in [0.25, 0.3) is 0 Å². The van der Waals surface area contributed by atoms with Crippen LogP contribution in [0, 0.1) is 13.8 Å². The highest BCUT2D eigenvalue weighted by atomic mass is 14.2. The summed E-state index contributed by atoms with van der Waals surface area (Å²) in [6.07, 6.45) is 0. The number of rotatable bonds is 2. The van der Waals surface area contributed by atoms with Crippen LogP contribution in [-0.4, -0.2) is 0 Å². The maximum absolute atomic E-state index is 2.28. The van der Waals surface area contributed by atoms with Gasteiger partial charge in [-0.3, -0.25) is 0 Å². The Kier molecular flexibility index (Phi) is 3.98. The lowest BCUT2D eigenvalue weighted by atomic mass is 9.83. The van der Waals surface area contributed by atoms with E-state index in [9.17, 15) is 0 Å². The molecule has 0 saturated carbocycles. The van der Waals surface area contributed by atoms with Crippen molar-refractivity contribution in [3.05, 3.63) is 108 Å². The first-order valence-electron chi connectivity index (χ1n) is 9.81. The number of benzene rings is 5. The molecule has 0 fully saturated rings. The highest BCUT2D eigenvalue weighted by Crippen LogP contribution is 2.45. The van der Waals surface area contributed by atoms with E-state index in [0.29, 0.717) is 0 Å². The van der Waals surface area contributed by atoms with Gasteiger partial charge in [-0.1, -0.05) is 97.1 Å². The van der Waals surface area contributed by atoms with Crippen LogP contribution >= 0.6 is 0 Å². The first-order chi connectivity index (χ1) is 13.8. The molecule has 0 aliphatic heterocycles. The Balaban J connectivity index is 2.09. The SMILES string of the molecule is Cc1cccc2c(-c3ccccc3)c3c(C)cccc3c(-c3ccccc3)c12. The van der Waals surface area contributed by atoms with E-state index in [2.05, 4.69) is 111 Å². The maximum atomic E-state index is 2.28. The van der Waals surface area contributed by atoms with E-state index in [1.54, 1.807) is 0 Å². The molecule has 0 saturated heterocycles. The molecule has 0 N–H and O–H groups in total. The number of fused-ring (bicyclic) bond motifs is 2. The normalized spacial score (nSPS) is 11.2. The summed E-state index contributed by atoms with van der Waals surface area (Å²) in [5.41, 5.74) is 7.86. The second kappa shape index (κ2) is 6.65. The zero-order valence-corrected chi connectivity index (χ0v) is 16.2. The van der Waals surface area contributed by atoms with E-state index in [0.717, 1.165) is 0 Å². The Hall–Kier alpha value is -3.38. The van der Waals surface area contributed by atoms with Crippen molar-refractivity contribution in [2.45, 2.75) is 13.8 Å². The number of hydrogen-bond acceptors (Lipinski definition) is 0. The van der Waals surface area contributed by atoms with Gasteiger partial charge in [-0.05, 0) is 68.8 Å². The largest absolute Gasteiger partial charge is 0.0622 e. The van der Waals surface area contributed by atoms with Gasteiger partial charge < -0.3 is 0 Å². The van der Waals surface area contributed by atoms with Crippen molar-refractivity contribution in [3.63, 3.8) is 0 Å². The van der Waals surface area contributed by atoms with Crippen LogP contribution < -0.4 is 0 Å². The van der Waals surface area contributed by atoms with E-state index in [1.807, 2.05) is 0 Å². The van der Waals surface area contributed by atoms with Gasteiger partial charge in [-0.25, -0.2) is 0 Å². The minimum Gasteiger partial charge on any atom is -0.0622 e. The molecule has 134 valence electrons. The summed E-state index contributed by atoms with van der Waals surface area (Å²) in [4.78, 5) is 0. The summed E-state index contributed by atoms with van der Waals surface area (Å²) in [6, 6.07) is 35.0. The van der Waals surface area contributed by atoms with E-state index < -0.39 is 0 Å². The zero-order chi connectivity index (χ0) is 19.1. The van der Waals surface area contributed by atoms with Gasteiger partial charge in [0.15, 0.2) is 0 Å². The van der Waals surface area contributed by atoms with Gasteiger partial charge >= 0.3 is 0 Å². The van der Waals surface area contributed by atoms with Crippen LogP contribution in [0.1, 0.15) is 11.1 Å². The van der Waals surface area contributed by atoms with Crippen molar-refractivity contribution in [2.75, 3.05) is 0 Å². The fourth-order valence-electron chi connectivity index (χ4n) is 4.49. The molecule has 0 radical (unpaired) electrons. The third kappa shape index (κ3) is 2.53. The van der Waals surface area contributed by atoms with E-state index in [4.69, 9.17) is 0 Å². The molecule has 0 aromatic heterocycles. The first-order valence-corrected chi connectivity index (χ1v) is 9.81. The fraction of sp³-hybridized carbons (Fsp3) is 0.0714. The van der Waals surface area contributed by atoms with Gasteiger partial charge in [0.2, 0.25) is 0 Å². The van der Waals surface area contributed by atoms with E-state index in [1.165, 1.54) is 54.9 Å². The highest BCUT2D eigenvalue weighted by molar-refractivity contribution is 6.22. The molecule has 28 heavy (non-hydrogen) atoms. The van der Waals surface area contributed by atoms with Crippen molar-refractivity contribution in [1.29, 1.82) is 0 Å². The van der Waals surface area contributed by atoms with Crippen molar-refractivity contribution < 1.29 is 0 Å². The third-order valence-corrected chi connectivity index (χ3v) is 5.71. The predicted octanol–water partition coefficient (Wildman–Crippen LogP) is 7.94. The van der Waals surface area contributed by atoms with Crippen LogP contribution in [-0.2, 0) is 0 Å². The molecule has 0 atom stereocenters. The van der Waals surface area contributed by atoms with Crippen LogP contribution in [0.5, 0.6) is 0 Å². The molecule has 5 rings (SSSR count). The van der Waals surface area contributed by atoms with Crippen molar-refractivity contribution in [3.8, 4) is 22.3 Å². The summed E-state index contributed by atoms with van der Waals surface area (Å²) < 4.78 is 0. The molecule has 0 spiro atoms. The standard InChI is InChI=1S/C28H22/c1-19-11-9-17-23-25(19)27(21-13-5-3-6-14-21)24-18-10-12-20(2)26(24)28(23)22-15-7-4-8-16-22/h3-18H,1-2H3. The predicted molar refractivity (Wildman–Crippen MR) is 122 cm³/mol. The molecule has 5 aromatic rings. The summed E-state index contributed by atoms with van der Waals surface area (Å²) >= 11 is 0. The van der Waals surface area contributed by atoms with Gasteiger partial charge in [-0.15, -0.1) is 0 Å². The summed E-state index contributed by atoms with van der Waals surface area (Å²) in [7, 11) is 0. The van der Waals surface area contributed by atoms with Gasteiger partial charge in [0, 0.05) is 0 Å². The second-order valence-corrected chi connectivity index (χ2v) is 7.48. The topological polar surface area (TPSA) is 0 Å². The molecule has 0 nitrogen and oxygen atoms in total. The zero-order valence-electron chi connectivity index (χ0n) is 16.2. The van der Waals surface area contributed by atoms with E-state index >= 15 is 0 Å². The Labute approximate surface area is 166 Å². The first kappa shape index (κ1) is 16.8. The molecule has 0 amide bonds. The molecule has 0 heterocycles. The molecule has 0 bridgehead atoms. The van der Waals surface area contributed by atoms with Crippen molar-refractivity contribution in [2.24, 2.45) is 0 Å². The molecule has 0 heteroatoms. The van der Waals surface area contributed by atoms with Crippen LogP contribution in [0.3, 0.4) is 0 Å². The minimum absolute atomic E-state index is 1.28.